The van der Waals surface area contributed by atoms with E-state index in [0.717, 1.165) is 6.42 Å². The third-order valence-electron chi connectivity index (χ3n) is 2.37. The number of nitrogens with one attached hydrogen (secondary N) is 1. The van der Waals surface area contributed by atoms with Crippen molar-refractivity contribution >= 4 is 5.82 Å². The molecule has 1 aromatic heterocycles. The average molecular weight is 193 g/mol. The lowest BCUT2D eigenvalue weighted by molar-refractivity contribution is 0.514. The van der Waals surface area contributed by atoms with Crippen LogP contribution in [-0.4, -0.2) is 18.1 Å². The molecule has 0 fully saturated rings. The van der Waals surface area contributed by atoms with E-state index < -0.39 is 0 Å². The predicted molar refractivity (Wildman–Crippen MR) is 60.1 cm³/mol. The normalized spacial score (nSPS) is 12.7. The van der Waals surface area contributed by atoms with Crippen molar-refractivity contribution in [3.05, 3.63) is 23.9 Å². The Bertz CT molecular complexity index is 273. The number of anilines is 1. The smallest absolute Gasteiger partial charge is 0.123 e. The molecule has 0 amide bonds. The molecule has 0 radical (unpaired) electrons. The van der Waals surface area contributed by atoms with Crippen molar-refractivity contribution in [2.24, 2.45) is 0 Å². The second kappa shape index (κ2) is 5.60. The van der Waals surface area contributed by atoms with Crippen LogP contribution in [0.15, 0.2) is 18.3 Å². The minimum absolute atomic E-state index is 0.543. The van der Waals surface area contributed by atoms with Gasteiger partial charge in [0.2, 0.25) is 0 Å². The Morgan fingerprint density at radius 2 is 2.36 bits per heavy atom. The number of likely N-dealkylation sites (N-methyl/N-ethyl adjacent to an activating group) is 1. The fraction of sp³-hybridized carbons (Fsp3) is 0.545. The lowest BCUT2D eigenvalue weighted by atomic mass is 10.0. The molecular weight excluding hydrogens is 174 g/mol. The molecule has 1 aromatic rings. The number of nitrogen functional groups attached to an aromatic ring is 1. The summed E-state index contributed by atoms with van der Waals surface area (Å²) in [5.74, 6) is 0.605. The maximum Gasteiger partial charge on any atom is 0.123 e. The average Bonchev–Trinajstić information content (AvgIpc) is 2.17. The molecule has 3 nitrogen and oxygen atoms in total. The van der Waals surface area contributed by atoms with Crippen molar-refractivity contribution in [1.29, 1.82) is 0 Å². The van der Waals surface area contributed by atoms with Gasteiger partial charge in [0.15, 0.2) is 0 Å². The Hall–Kier alpha value is -1.09. The highest BCUT2D eigenvalue weighted by molar-refractivity contribution is 5.32. The quantitative estimate of drug-likeness (QED) is 0.746. The molecular formula is C11H19N3. The third-order valence-corrected chi connectivity index (χ3v) is 2.37. The standard InChI is InChI=1S/C11H19N3/c1-3-4-10(13-2)7-9-5-6-14-11(12)8-9/h5-6,8,10,13H,3-4,7H2,1-2H3,(H2,12,14). The Morgan fingerprint density at radius 3 is 2.93 bits per heavy atom. The second-order valence-corrected chi connectivity index (χ2v) is 3.57. The van der Waals surface area contributed by atoms with Crippen LogP contribution < -0.4 is 11.1 Å². The minimum Gasteiger partial charge on any atom is -0.384 e. The number of hydrogen-bond acceptors (Lipinski definition) is 3. The lowest BCUT2D eigenvalue weighted by Gasteiger charge is -2.14. The van der Waals surface area contributed by atoms with Gasteiger partial charge in [-0.05, 0) is 37.6 Å². The van der Waals surface area contributed by atoms with E-state index in [4.69, 9.17) is 5.73 Å². The molecule has 0 aliphatic rings. The summed E-state index contributed by atoms with van der Waals surface area (Å²) in [5.41, 5.74) is 6.87. The van der Waals surface area contributed by atoms with E-state index in [9.17, 15) is 0 Å². The van der Waals surface area contributed by atoms with Crippen LogP contribution in [-0.2, 0) is 6.42 Å². The molecule has 0 aliphatic carbocycles. The molecule has 0 saturated heterocycles. The van der Waals surface area contributed by atoms with Gasteiger partial charge in [-0.1, -0.05) is 13.3 Å². The Kier molecular flexibility index (Phi) is 4.40. The highest BCUT2D eigenvalue weighted by Crippen LogP contribution is 2.08. The maximum atomic E-state index is 5.62. The summed E-state index contributed by atoms with van der Waals surface area (Å²) in [6, 6.07) is 4.51. The summed E-state index contributed by atoms with van der Waals surface area (Å²) < 4.78 is 0. The summed E-state index contributed by atoms with van der Waals surface area (Å²) in [4.78, 5) is 3.98. The van der Waals surface area contributed by atoms with E-state index in [2.05, 4.69) is 17.2 Å². The SMILES string of the molecule is CCCC(Cc1ccnc(N)c1)NC. The van der Waals surface area contributed by atoms with Crippen LogP contribution in [0.25, 0.3) is 0 Å². The van der Waals surface area contributed by atoms with Gasteiger partial charge in [-0.2, -0.15) is 0 Å². The molecule has 3 heteroatoms. The number of pyridine rings is 1. The molecule has 0 saturated carbocycles. The third kappa shape index (κ3) is 3.34. The van der Waals surface area contributed by atoms with Crippen LogP contribution in [0.3, 0.4) is 0 Å². The van der Waals surface area contributed by atoms with Crippen LogP contribution in [0.4, 0.5) is 5.82 Å². The topological polar surface area (TPSA) is 50.9 Å². The Morgan fingerprint density at radius 1 is 1.57 bits per heavy atom. The number of nitrogens with two attached hydrogens (primary N) is 1. The lowest BCUT2D eigenvalue weighted by Crippen LogP contribution is -2.27. The monoisotopic (exact) mass is 193 g/mol. The second-order valence-electron chi connectivity index (χ2n) is 3.57. The number of rotatable bonds is 5. The first kappa shape index (κ1) is 11.0. The van der Waals surface area contributed by atoms with Crippen molar-refractivity contribution in [3.63, 3.8) is 0 Å². The molecule has 0 aliphatic heterocycles. The zero-order valence-electron chi connectivity index (χ0n) is 8.96. The Balaban J connectivity index is 2.57. The summed E-state index contributed by atoms with van der Waals surface area (Å²) >= 11 is 0. The van der Waals surface area contributed by atoms with E-state index in [-0.39, 0.29) is 0 Å². The van der Waals surface area contributed by atoms with Crippen molar-refractivity contribution in [2.45, 2.75) is 32.2 Å². The number of aromatic nitrogens is 1. The first-order valence-corrected chi connectivity index (χ1v) is 5.14. The Labute approximate surface area is 85.7 Å². The predicted octanol–water partition coefficient (Wildman–Crippen LogP) is 1.59. The largest absolute Gasteiger partial charge is 0.384 e. The molecule has 0 aromatic carbocycles. The molecule has 0 bridgehead atoms. The van der Waals surface area contributed by atoms with Gasteiger partial charge < -0.3 is 11.1 Å². The fourth-order valence-corrected chi connectivity index (χ4v) is 1.60. The van der Waals surface area contributed by atoms with Gasteiger partial charge in [0.25, 0.3) is 0 Å². The van der Waals surface area contributed by atoms with Crippen molar-refractivity contribution < 1.29 is 0 Å². The van der Waals surface area contributed by atoms with E-state index >= 15 is 0 Å². The zero-order valence-corrected chi connectivity index (χ0v) is 8.96. The summed E-state index contributed by atoms with van der Waals surface area (Å²) in [5, 5.41) is 3.31. The van der Waals surface area contributed by atoms with Gasteiger partial charge in [-0.15, -0.1) is 0 Å². The van der Waals surface area contributed by atoms with E-state index in [0.29, 0.717) is 11.9 Å². The molecule has 0 spiro atoms. The molecule has 14 heavy (non-hydrogen) atoms. The molecule has 3 N–H and O–H groups in total. The molecule has 1 rings (SSSR count). The maximum absolute atomic E-state index is 5.62. The van der Waals surface area contributed by atoms with E-state index in [1.165, 1.54) is 18.4 Å². The molecule has 78 valence electrons. The highest BCUT2D eigenvalue weighted by Gasteiger charge is 2.05. The summed E-state index contributed by atoms with van der Waals surface area (Å²) in [7, 11) is 2.00. The molecule has 1 unspecified atom stereocenters. The zero-order chi connectivity index (χ0) is 10.4. The highest BCUT2D eigenvalue weighted by atomic mass is 14.9. The van der Waals surface area contributed by atoms with Gasteiger partial charge in [0, 0.05) is 12.2 Å². The first-order chi connectivity index (χ1) is 6.76. The van der Waals surface area contributed by atoms with Crippen molar-refractivity contribution in [3.8, 4) is 0 Å². The number of hydrogen-bond donors (Lipinski definition) is 2. The molecule has 1 heterocycles. The van der Waals surface area contributed by atoms with Gasteiger partial charge in [-0.3, -0.25) is 0 Å². The van der Waals surface area contributed by atoms with E-state index in [1.54, 1.807) is 6.20 Å². The van der Waals surface area contributed by atoms with Crippen LogP contribution in [0.5, 0.6) is 0 Å². The summed E-state index contributed by atoms with van der Waals surface area (Å²) in [6.45, 7) is 2.20. The minimum atomic E-state index is 0.543. The van der Waals surface area contributed by atoms with Gasteiger partial charge in [-0.25, -0.2) is 4.98 Å². The summed E-state index contributed by atoms with van der Waals surface area (Å²) in [6.07, 6.45) is 5.19. The fourth-order valence-electron chi connectivity index (χ4n) is 1.60. The van der Waals surface area contributed by atoms with Gasteiger partial charge >= 0.3 is 0 Å². The van der Waals surface area contributed by atoms with Crippen molar-refractivity contribution in [2.75, 3.05) is 12.8 Å². The van der Waals surface area contributed by atoms with Crippen LogP contribution in [0.1, 0.15) is 25.3 Å². The van der Waals surface area contributed by atoms with E-state index in [1.807, 2.05) is 19.2 Å². The van der Waals surface area contributed by atoms with Crippen LogP contribution in [0, 0.1) is 0 Å². The first-order valence-electron chi connectivity index (χ1n) is 5.14. The van der Waals surface area contributed by atoms with Crippen LogP contribution >= 0.6 is 0 Å². The molecule has 1 atom stereocenters. The van der Waals surface area contributed by atoms with Gasteiger partial charge in [0.05, 0.1) is 0 Å². The van der Waals surface area contributed by atoms with Crippen molar-refractivity contribution in [1.82, 2.24) is 10.3 Å². The van der Waals surface area contributed by atoms with Gasteiger partial charge in [0.1, 0.15) is 5.82 Å². The number of nitrogens with zero attached hydrogens (tertiary/aromatic N) is 1. The van der Waals surface area contributed by atoms with Crippen LogP contribution in [0.2, 0.25) is 0 Å².